The Labute approximate surface area is 301 Å². The predicted octanol–water partition coefficient (Wildman–Crippen LogP) is 11.4. The maximum absolute atomic E-state index is 12.2. The van der Waals surface area contributed by atoms with Crippen LogP contribution in [0.15, 0.2) is 48.6 Å². The first kappa shape index (κ1) is 46.8. The van der Waals surface area contributed by atoms with Crippen LogP contribution >= 0.6 is 0 Å². The Balaban J connectivity index is 3.70. The van der Waals surface area contributed by atoms with Crippen molar-refractivity contribution in [2.45, 2.75) is 193 Å². The number of rotatable bonds is 35. The molecule has 0 rings (SSSR count). The summed E-state index contributed by atoms with van der Waals surface area (Å²) in [7, 11) is 0. The molecule has 2 N–H and O–H groups in total. The highest BCUT2D eigenvalue weighted by molar-refractivity contribution is 5.70. The topological polar surface area (TPSA) is 93.1 Å². The number of hydrogen-bond acceptors (Lipinski definition) is 6. The van der Waals surface area contributed by atoms with Crippen molar-refractivity contribution in [3.8, 4) is 0 Å². The van der Waals surface area contributed by atoms with Gasteiger partial charge in [0.1, 0.15) is 6.61 Å². The molecule has 0 aromatic rings. The fourth-order valence-electron chi connectivity index (χ4n) is 5.52. The molecule has 0 spiro atoms. The van der Waals surface area contributed by atoms with Crippen molar-refractivity contribution >= 4 is 11.9 Å². The third-order valence-electron chi connectivity index (χ3n) is 8.63. The summed E-state index contributed by atoms with van der Waals surface area (Å²) in [5.74, 6) is 0.149. The molecule has 6 nitrogen and oxygen atoms in total. The molecular weight excluding hydrogens is 612 g/mol. The van der Waals surface area contributed by atoms with Gasteiger partial charge in [0.2, 0.25) is 0 Å². The quantitative estimate of drug-likeness (QED) is 0.0298. The lowest BCUT2D eigenvalue weighted by molar-refractivity contribution is -0.161. The Morgan fingerprint density at radius 1 is 0.633 bits per heavy atom. The molecule has 0 amide bonds. The van der Waals surface area contributed by atoms with Crippen LogP contribution in [0.5, 0.6) is 0 Å². The van der Waals surface area contributed by atoms with Gasteiger partial charge < -0.3 is 19.7 Å². The number of esters is 2. The average Bonchev–Trinajstić information content (AvgIpc) is 3.08. The molecule has 0 heterocycles. The number of aliphatic hydroxyl groups excluding tert-OH is 2. The van der Waals surface area contributed by atoms with Crippen LogP contribution in [0.4, 0.5) is 0 Å². The molecule has 0 fully saturated rings. The van der Waals surface area contributed by atoms with Crippen LogP contribution < -0.4 is 0 Å². The summed E-state index contributed by atoms with van der Waals surface area (Å²) in [6, 6.07) is 0. The van der Waals surface area contributed by atoms with Crippen molar-refractivity contribution in [3.63, 3.8) is 0 Å². The van der Waals surface area contributed by atoms with Gasteiger partial charge in [0.15, 0.2) is 6.10 Å². The maximum atomic E-state index is 12.2. The van der Waals surface area contributed by atoms with Crippen molar-refractivity contribution in [3.05, 3.63) is 48.6 Å². The SMILES string of the molecule is CCCCC/C=C\C[C@@H](O)/C=C/C=C\C/C=C\CCCC(=O)OC[C@H](CO)OC(=O)CCCCCCCCCCCCCCCCC(C)C. The molecule has 0 saturated carbocycles. The summed E-state index contributed by atoms with van der Waals surface area (Å²) in [4.78, 5) is 24.2. The van der Waals surface area contributed by atoms with Gasteiger partial charge in [-0.15, -0.1) is 0 Å². The number of ether oxygens (including phenoxy) is 2. The number of hydrogen-bond donors (Lipinski definition) is 2. The first-order valence-electron chi connectivity index (χ1n) is 20.2. The molecule has 6 heteroatoms. The lowest BCUT2D eigenvalue weighted by Crippen LogP contribution is -2.28. The monoisotopic (exact) mass is 689 g/mol. The van der Waals surface area contributed by atoms with Gasteiger partial charge in [-0.2, -0.15) is 0 Å². The van der Waals surface area contributed by atoms with E-state index in [-0.39, 0.29) is 31.6 Å². The largest absolute Gasteiger partial charge is 0.462 e. The average molecular weight is 689 g/mol. The van der Waals surface area contributed by atoms with Crippen molar-refractivity contribution in [1.82, 2.24) is 0 Å². The number of aliphatic hydroxyl groups is 2. The van der Waals surface area contributed by atoms with E-state index < -0.39 is 12.2 Å². The van der Waals surface area contributed by atoms with Crippen LogP contribution in [0, 0.1) is 5.92 Å². The van der Waals surface area contributed by atoms with Gasteiger partial charge in [-0.1, -0.05) is 172 Å². The smallest absolute Gasteiger partial charge is 0.306 e. The Kier molecular flexibility index (Phi) is 35.4. The highest BCUT2D eigenvalue weighted by Crippen LogP contribution is 2.15. The second kappa shape index (κ2) is 37.1. The van der Waals surface area contributed by atoms with Gasteiger partial charge in [-0.05, 0) is 50.9 Å². The summed E-state index contributed by atoms with van der Waals surface area (Å²) >= 11 is 0. The highest BCUT2D eigenvalue weighted by atomic mass is 16.6. The zero-order chi connectivity index (χ0) is 36.0. The molecule has 0 aromatic carbocycles. The van der Waals surface area contributed by atoms with Crippen LogP contribution in [0.3, 0.4) is 0 Å². The van der Waals surface area contributed by atoms with Gasteiger partial charge in [0.25, 0.3) is 0 Å². The Hall–Kier alpha value is -2.18. The molecule has 2 atom stereocenters. The summed E-state index contributed by atoms with van der Waals surface area (Å²) < 4.78 is 10.5. The highest BCUT2D eigenvalue weighted by Gasteiger charge is 2.16. The standard InChI is InChI=1S/C43H76O6/c1-4-5-6-7-23-28-33-40(45)34-29-24-19-16-17-20-25-30-35-42(46)48-38-41(37-44)49-43(47)36-31-26-21-15-13-11-9-8-10-12-14-18-22-27-32-39(2)3/h17,19-20,23-24,28-29,34,39-41,44-45H,4-16,18,21-22,25-27,30-33,35-38H2,1-3H3/b20-17-,24-19-,28-23-,34-29+/t40-,41+/m1/s1. The second-order valence-corrected chi connectivity index (χ2v) is 14.0. The van der Waals surface area contributed by atoms with Crippen LogP contribution in [0.25, 0.3) is 0 Å². The first-order valence-corrected chi connectivity index (χ1v) is 20.2. The fraction of sp³-hybridized carbons (Fsp3) is 0.767. The van der Waals surface area contributed by atoms with Gasteiger partial charge in [-0.3, -0.25) is 9.59 Å². The normalized spacial score (nSPS) is 13.4. The molecule has 0 aromatic heterocycles. The minimum Gasteiger partial charge on any atom is -0.462 e. The van der Waals surface area contributed by atoms with E-state index in [4.69, 9.17) is 9.47 Å². The summed E-state index contributed by atoms with van der Waals surface area (Å²) in [6.45, 7) is 6.34. The lowest BCUT2D eigenvalue weighted by Gasteiger charge is -2.15. The summed E-state index contributed by atoms with van der Waals surface area (Å²) in [5.41, 5.74) is 0. The van der Waals surface area contributed by atoms with Crippen molar-refractivity contribution in [1.29, 1.82) is 0 Å². The van der Waals surface area contributed by atoms with E-state index in [9.17, 15) is 19.8 Å². The Morgan fingerprint density at radius 2 is 1.20 bits per heavy atom. The fourth-order valence-corrected chi connectivity index (χ4v) is 5.52. The minimum absolute atomic E-state index is 0.114. The number of unbranched alkanes of at least 4 members (excludes halogenated alkanes) is 17. The van der Waals surface area contributed by atoms with E-state index in [0.717, 1.165) is 44.4 Å². The van der Waals surface area contributed by atoms with Gasteiger partial charge >= 0.3 is 11.9 Å². The van der Waals surface area contributed by atoms with Crippen LogP contribution in [-0.2, 0) is 19.1 Å². The van der Waals surface area contributed by atoms with E-state index in [1.807, 2.05) is 30.4 Å². The molecule has 0 bridgehead atoms. The predicted molar refractivity (Wildman–Crippen MR) is 206 cm³/mol. The van der Waals surface area contributed by atoms with Crippen molar-refractivity contribution in [2.75, 3.05) is 13.2 Å². The van der Waals surface area contributed by atoms with Gasteiger partial charge in [0.05, 0.1) is 12.7 Å². The molecule has 0 saturated heterocycles. The van der Waals surface area contributed by atoms with E-state index in [2.05, 4.69) is 32.9 Å². The maximum Gasteiger partial charge on any atom is 0.306 e. The van der Waals surface area contributed by atoms with Crippen LogP contribution in [0.1, 0.15) is 181 Å². The third kappa shape index (κ3) is 36.9. The second-order valence-electron chi connectivity index (χ2n) is 14.0. The van der Waals surface area contributed by atoms with Crippen LogP contribution in [0.2, 0.25) is 0 Å². The van der Waals surface area contributed by atoms with Gasteiger partial charge in [0, 0.05) is 12.8 Å². The zero-order valence-corrected chi connectivity index (χ0v) is 32.0. The zero-order valence-electron chi connectivity index (χ0n) is 32.0. The van der Waals surface area contributed by atoms with E-state index >= 15 is 0 Å². The summed E-state index contributed by atoms with van der Waals surface area (Å²) in [6.07, 6.45) is 42.0. The molecule has 284 valence electrons. The number of carbonyl (C=O) groups excluding carboxylic acids is 2. The molecule has 0 aliphatic carbocycles. The van der Waals surface area contributed by atoms with Crippen molar-refractivity contribution < 1.29 is 29.3 Å². The minimum atomic E-state index is -0.810. The molecule has 49 heavy (non-hydrogen) atoms. The molecule has 0 aliphatic heterocycles. The number of carbonyl (C=O) groups is 2. The first-order chi connectivity index (χ1) is 23.9. The molecule has 0 unspecified atom stereocenters. The third-order valence-corrected chi connectivity index (χ3v) is 8.63. The van der Waals surface area contributed by atoms with E-state index in [1.165, 1.54) is 96.3 Å². The summed E-state index contributed by atoms with van der Waals surface area (Å²) in [5, 5.41) is 19.5. The molecular formula is C43H76O6. The van der Waals surface area contributed by atoms with Crippen molar-refractivity contribution in [2.24, 2.45) is 5.92 Å². The number of allylic oxidation sites excluding steroid dienone is 6. The van der Waals surface area contributed by atoms with E-state index in [0.29, 0.717) is 19.3 Å². The van der Waals surface area contributed by atoms with Crippen LogP contribution in [-0.4, -0.2) is 47.6 Å². The molecule has 0 aliphatic rings. The lowest BCUT2D eigenvalue weighted by atomic mass is 10.0. The van der Waals surface area contributed by atoms with E-state index in [1.54, 1.807) is 6.08 Å². The Morgan fingerprint density at radius 3 is 1.82 bits per heavy atom. The van der Waals surface area contributed by atoms with Gasteiger partial charge in [-0.25, -0.2) is 0 Å². The Bertz CT molecular complexity index is 858. The molecule has 0 radical (unpaired) electrons.